The van der Waals surface area contributed by atoms with E-state index < -0.39 is 0 Å². The monoisotopic (exact) mass is 140 g/mol. The molecule has 2 heteroatoms. The molecule has 1 nitrogen and oxygen atoms in total. The molecule has 0 atom stereocenters. The molecule has 0 aliphatic heterocycles. The van der Waals surface area contributed by atoms with Gasteiger partial charge in [0.2, 0.25) is 0 Å². The van der Waals surface area contributed by atoms with Crippen LogP contribution in [-0.4, -0.2) is 5.11 Å². The van der Waals surface area contributed by atoms with Crippen molar-refractivity contribution in [2.45, 2.75) is 0 Å². The number of hydrogen-bond acceptors (Lipinski definition) is 1. The van der Waals surface area contributed by atoms with Crippen LogP contribution in [-0.2, 0) is 0 Å². The van der Waals surface area contributed by atoms with Crippen LogP contribution in [0.15, 0.2) is 30.8 Å². The Morgan fingerprint density at radius 1 is 1.30 bits per heavy atom. The van der Waals surface area contributed by atoms with Gasteiger partial charge in [-0.15, -0.1) is 0 Å². The fourth-order valence-electron chi connectivity index (χ4n) is 0.660. The second-order valence-electron chi connectivity index (χ2n) is 1.76. The normalized spacial score (nSPS) is 8.00. The summed E-state index contributed by atoms with van der Waals surface area (Å²) in [6.45, 7) is 3.53. The molecule has 0 aliphatic rings. The second kappa shape index (κ2) is 3.67. The molecule has 1 aromatic rings. The molecular formula is C8H9FO. The third-order valence-electron chi connectivity index (χ3n) is 1.16. The van der Waals surface area contributed by atoms with Crippen molar-refractivity contribution in [1.82, 2.24) is 0 Å². The molecule has 10 heavy (non-hydrogen) atoms. The molecule has 0 saturated heterocycles. The minimum atomic E-state index is 0. The zero-order valence-corrected chi connectivity index (χ0v) is 5.45. The average molecular weight is 140 g/mol. The molecule has 0 aliphatic carbocycles. The summed E-state index contributed by atoms with van der Waals surface area (Å²) < 4.78 is 0. The van der Waals surface area contributed by atoms with Gasteiger partial charge in [0.05, 0.1) is 0 Å². The lowest BCUT2D eigenvalue weighted by molar-refractivity contribution is 0.474. The Morgan fingerprint density at radius 3 is 2.30 bits per heavy atom. The third-order valence-corrected chi connectivity index (χ3v) is 1.16. The minimum absolute atomic E-state index is 0. The van der Waals surface area contributed by atoms with E-state index in [2.05, 4.69) is 6.58 Å². The van der Waals surface area contributed by atoms with Crippen LogP contribution in [0.5, 0.6) is 5.75 Å². The van der Waals surface area contributed by atoms with Crippen molar-refractivity contribution >= 4 is 6.08 Å². The number of hydrogen-bond donors (Lipinski definition) is 1. The standard InChI is InChI=1S/C8H8O.FH/c1-2-7-5-3-4-6-8(7)9;/h2-6,9H,1H2;1H. The van der Waals surface area contributed by atoms with Crippen LogP contribution in [0.2, 0.25) is 0 Å². The number of aromatic hydroxyl groups is 1. The second-order valence-corrected chi connectivity index (χ2v) is 1.76. The minimum Gasteiger partial charge on any atom is -0.507 e. The van der Waals surface area contributed by atoms with E-state index in [9.17, 15) is 0 Å². The van der Waals surface area contributed by atoms with Crippen LogP contribution in [0.3, 0.4) is 0 Å². The molecule has 0 amide bonds. The quantitative estimate of drug-likeness (QED) is 0.634. The van der Waals surface area contributed by atoms with Crippen LogP contribution in [0, 0.1) is 0 Å². The third kappa shape index (κ3) is 1.58. The predicted molar refractivity (Wildman–Crippen MR) is 40.7 cm³/mol. The van der Waals surface area contributed by atoms with Gasteiger partial charge in [-0.1, -0.05) is 30.9 Å². The van der Waals surface area contributed by atoms with Crippen molar-refractivity contribution < 1.29 is 9.81 Å². The van der Waals surface area contributed by atoms with E-state index in [1.807, 2.05) is 12.1 Å². The van der Waals surface area contributed by atoms with Crippen molar-refractivity contribution in [3.05, 3.63) is 36.4 Å². The number of rotatable bonds is 1. The first-order valence-corrected chi connectivity index (χ1v) is 2.75. The van der Waals surface area contributed by atoms with Crippen LogP contribution >= 0.6 is 0 Å². The van der Waals surface area contributed by atoms with Crippen molar-refractivity contribution in [3.63, 3.8) is 0 Å². The van der Waals surface area contributed by atoms with Crippen LogP contribution in [0.1, 0.15) is 5.56 Å². The Morgan fingerprint density at radius 2 is 1.90 bits per heavy atom. The number of benzene rings is 1. The maximum Gasteiger partial charge on any atom is 0.122 e. The zero-order valence-electron chi connectivity index (χ0n) is 5.45. The van der Waals surface area contributed by atoms with Crippen LogP contribution in [0.4, 0.5) is 4.70 Å². The van der Waals surface area contributed by atoms with Gasteiger partial charge in [-0.3, -0.25) is 4.70 Å². The van der Waals surface area contributed by atoms with Gasteiger partial charge in [0.1, 0.15) is 5.75 Å². The summed E-state index contributed by atoms with van der Waals surface area (Å²) in [6.07, 6.45) is 1.62. The van der Waals surface area contributed by atoms with Gasteiger partial charge in [0.15, 0.2) is 0 Å². The van der Waals surface area contributed by atoms with E-state index in [1.54, 1.807) is 18.2 Å². The summed E-state index contributed by atoms with van der Waals surface area (Å²) in [5, 5.41) is 9.04. The van der Waals surface area contributed by atoms with Crippen LogP contribution < -0.4 is 0 Å². The Bertz CT molecular complexity index is 220. The van der Waals surface area contributed by atoms with Gasteiger partial charge >= 0.3 is 0 Å². The highest BCUT2D eigenvalue weighted by atomic mass is 19.0. The lowest BCUT2D eigenvalue weighted by Gasteiger charge is -1.93. The summed E-state index contributed by atoms with van der Waals surface area (Å²) >= 11 is 0. The van der Waals surface area contributed by atoms with Gasteiger partial charge in [-0.05, 0) is 6.07 Å². The first kappa shape index (κ1) is 8.69. The van der Waals surface area contributed by atoms with Gasteiger partial charge in [-0.25, -0.2) is 0 Å². The zero-order chi connectivity index (χ0) is 6.69. The Hall–Kier alpha value is -1.31. The summed E-state index contributed by atoms with van der Waals surface area (Å²) in [4.78, 5) is 0. The van der Waals surface area contributed by atoms with Gasteiger partial charge in [0, 0.05) is 5.56 Å². The van der Waals surface area contributed by atoms with Crippen molar-refractivity contribution in [2.75, 3.05) is 0 Å². The van der Waals surface area contributed by atoms with Crippen molar-refractivity contribution in [1.29, 1.82) is 0 Å². The van der Waals surface area contributed by atoms with Crippen LogP contribution in [0.25, 0.3) is 6.08 Å². The Balaban J connectivity index is 0.000000810. The molecule has 0 fully saturated rings. The number of phenols is 1. The molecule has 0 aromatic heterocycles. The lowest BCUT2D eigenvalue weighted by Crippen LogP contribution is -1.69. The molecule has 0 heterocycles. The fraction of sp³-hybridized carbons (Fsp3) is 0. The molecule has 0 spiro atoms. The van der Waals surface area contributed by atoms with Crippen molar-refractivity contribution in [2.24, 2.45) is 0 Å². The van der Waals surface area contributed by atoms with Gasteiger partial charge < -0.3 is 5.11 Å². The van der Waals surface area contributed by atoms with Gasteiger partial charge in [0.25, 0.3) is 0 Å². The fourth-order valence-corrected chi connectivity index (χ4v) is 0.660. The highest BCUT2D eigenvalue weighted by Crippen LogP contribution is 2.15. The molecule has 54 valence electrons. The number of phenolic OH excluding ortho intramolecular Hbond substituents is 1. The summed E-state index contributed by atoms with van der Waals surface area (Å²) in [7, 11) is 0. The topological polar surface area (TPSA) is 20.2 Å². The highest BCUT2D eigenvalue weighted by molar-refractivity contribution is 5.54. The van der Waals surface area contributed by atoms with E-state index >= 15 is 0 Å². The molecule has 0 bridgehead atoms. The maximum absolute atomic E-state index is 9.04. The van der Waals surface area contributed by atoms with Gasteiger partial charge in [-0.2, -0.15) is 0 Å². The molecule has 1 N–H and O–H groups in total. The molecule has 0 radical (unpaired) electrons. The largest absolute Gasteiger partial charge is 0.507 e. The molecule has 1 rings (SSSR count). The molecule has 0 saturated carbocycles. The maximum atomic E-state index is 9.04. The van der Waals surface area contributed by atoms with E-state index in [0.29, 0.717) is 0 Å². The highest BCUT2D eigenvalue weighted by Gasteiger charge is 1.89. The average Bonchev–Trinajstić information content (AvgIpc) is 1.89. The predicted octanol–water partition coefficient (Wildman–Crippen LogP) is 2.19. The Labute approximate surface area is 59.0 Å². The number of para-hydroxylation sites is 1. The Kier molecular flexibility index (Phi) is 3.19. The first-order valence-electron chi connectivity index (χ1n) is 2.75. The van der Waals surface area contributed by atoms with Crippen molar-refractivity contribution in [3.8, 4) is 5.75 Å². The summed E-state index contributed by atoms with van der Waals surface area (Å²) in [5.74, 6) is 0.285. The molecule has 1 aromatic carbocycles. The molecular weight excluding hydrogens is 131 g/mol. The van der Waals surface area contributed by atoms with E-state index in [1.165, 1.54) is 0 Å². The SMILES string of the molecule is C=Cc1ccccc1O.F. The van der Waals surface area contributed by atoms with E-state index in [4.69, 9.17) is 5.11 Å². The summed E-state index contributed by atoms with van der Waals surface area (Å²) in [6, 6.07) is 7.08. The van der Waals surface area contributed by atoms with E-state index in [-0.39, 0.29) is 10.5 Å². The molecule has 0 unspecified atom stereocenters. The first-order chi connectivity index (χ1) is 4.34. The summed E-state index contributed by atoms with van der Waals surface area (Å²) in [5.41, 5.74) is 0.775. The van der Waals surface area contributed by atoms with E-state index in [0.717, 1.165) is 5.56 Å². The smallest absolute Gasteiger partial charge is 0.122 e. The number of halogens is 1. The lowest BCUT2D eigenvalue weighted by atomic mass is 10.2.